The Hall–Kier alpha value is -3.78. The molecule has 3 aliphatic rings. The van der Waals surface area contributed by atoms with Gasteiger partial charge in [0, 0.05) is 11.8 Å². The summed E-state index contributed by atoms with van der Waals surface area (Å²) in [6, 6.07) is 16.9. The third kappa shape index (κ3) is 4.13. The molecule has 0 heterocycles. The Balaban J connectivity index is 1.25. The summed E-state index contributed by atoms with van der Waals surface area (Å²) in [6.07, 6.45) is 25.2. The smallest absolute Gasteiger partial charge is 0.0638 e. The lowest BCUT2D eigenvalue weighted by atomic mass is 10.0. The van der Waals surface area contributed by atoms with Gasteiger partial charge in [0.2, 0.25) is 0 Å². The van der Waals surface area contributed by atoms with Crippen LogP contribution in [-0.2, 0) is 0 Å². The molecule has 144 valence electrons. The van der Waals surface area contributed by atoms with Crippen molar-refractivity contribution in [1.82, 2.24) is 0 Å². The van der Waals surface area contributed by atoms with Gasteiger partial charge in [0.1, 0.15) is 0 Å². The first-order valence-electron chi connectivity index (χ1n) is 10.3. The van der Waals surface area contributed by atoms with E-state index in [2.05, 4.69) is 97.1 Å². The van der Waals surface area contributed by atoms with Crippen LogP contribution in [0.15, 0.2) is 131 Å². The molecule has 2 aromatic carbocycles. The molecule has 0 saturated carbocycles. The quantitative estimate of drug-likeness (QED) is 0.502. The molecule has 5 rings (SSSR count). The predicted molar refractivity (Wildman–Crippen MR) is 127 cm³/mol. The third-order valence-corrected chi connectivity index (χ3v) is 5.42. The molecule has 0 unspecified atom stereocenters. The Morgan fingerprint density at radius 2 is 0.767 bits per heavy atom. The summed E-state index contributed by atoms with van der Waals surface area (Å²) in [5.41, 5.74) is 6.35. The van der Waals surface area contributed by atoms with E-state index < -0.39 is 0 Å². The van der Waals surface area contributed by atoms with Crippen molar-refractivity contribution in [2.45, 2.75) is 11.8 Å². The molecule has 2 heteroatoms. The monoisotopic (exact) mass is 386 g/mol. The summed E-state index contributed by atoms with van der Waals surface area (Å²) in [4.78, 5) is 9.44. The number of nitrogens with zero attached hydrogens (tertiary/aromatic N) is 2. The fraction of sp³-hybridized carbons (Fsp3) is 0.0714. The summed E-state index contributed by atoms with van der Waals surface area (Å²) >= 11 is 0. The van der Waals surface area contributed by atoms with Crippen molar-refractivity contribution in [2.75, 3.05) is 0 Å². The Kier molecular flexibility index (Phi) is 5.05. The summed E-state index contributed by atoms with van der Waals surface area (Å²) in [7, 11) is 0. The van der Waals surface area contributed by atoms with E-state index in [1.54, 1.807) is 0 Å². The largest absolute Gasteiger partial charge is 0.249 e. The van der Waals surface area contributed by atoms with E-state index in [9.17, 15) is 0 Å². The topological polar surface area (TPSA) is 24.7 Å². The normalized spacial score (nSPS) is 17.5. The number of benzene rings is 2. The van der Waals surface area contributed by atoms with Gasteiger partial charge in [-0.05, 0) is 59.7 Å². The molecular weight excluding hydrogens is 364 g/mol. The van der Waals surface area contributed by atoms with Crippen molar-refractivity contribution in [3.05, 3.63) is 133 Å². The van der Waals surface area contributed by atoms with Crippen molar-refractivity contribution >= 4 is 22.8 Å². The van der Waals surface area contributed by atoms with Gasteiger partial charge in [-0.1, -0.05) is 72.9 Å². The van der Waals surface area contributed by atoms with Crippen LogP contribution >= 0.6 is 0 Å². The molecule has 0 fully saturated rings. The summed E-state index contributed by atoms with van der Waals surface area (Å²) in [5.74, 6) is 0.778. The summed E-state index contributed by atoms with van der Waals surface area (Å²) in [6.45, 7) is 0. The molecule has 0 atom stereocenters. The lowest BCUT2D eigenvalue weighted by Crippen LogP contribution is -1.99. The zero-order valence-electron chi connectivity index (χ0n) is 16.6. The van der Waals surface area contributed by atoms with Crippen LogP contribution in [0.3, 0.4) is 0 Å². The Morgan fingerprint density at radius 1 is 0.433 bits per heavy atom. The average Bonchev–Trinajstić information content (AvgIpc) is 3.51. The number of allylic oxidation sites excluding steroid dienone is 12. The van der Waals surface area contributed by atoms with Crippen molar-refractivity contribution in [3.8, 4) is 0 Å². The lowest BCUT2D eigenvalue weighted by molar-refractivity contribution is 1.10. The molecule has 0 aliphatic heterocycles. The molecular formula is C28H22N2. The summed E-state index contributed by atoms with van der Waals surface area (Å²) < 4.78 is 0. The van der Waals surface area contributed by atoms with Gasteiger partial charge in [-0.3, -0.25) is 0 Å². The van der Waals surface area contributed by atoms with E-state index in [4.69, 9.17) is 9.98 Å². The van der Waals surface area contributed by atoms with E-state index in [-0.39, 0.29) is 0 Å². The highest BCUT2D eigenvalue weighted by atomic mass is 14.8. The maximum Gasteiger partial charge on any atom is 0.0638 e. The van der Waals surface area contributed by atoms with Crippen molar-refractivity contribution in [2.24, 2.45) is 9.98 Å². The molecule has 3 aliphatic carbocycles. The molecule has 0 radical (unpaired) electrons. The molecule has 0 aromatic heterocycles. The number of hydrogen-bond acceptors (Lipinski definition) is 2. The minimum absolute atomic E-state index is 0.389. The van der Waals surface area contributed by atoms with Gasteiger partial charge >= 0.3 is 0 Å². The minimum atomic E-state index is 0.389. The molecule has 0 bridgehead atoms. The number of aliphatic imine (C=N–C) groups is 2. The van der Waals surface area contributed by atoms with E-state index in [0.29, 0.717) is 11.8 Å². The highest BCUT2D eigenvalue weighted by Gasteiger charge is 2.08. The molecule has 30 heavy (non-hydrogen) atoms. The lowest BCUT2D eigenvalue weighted by Gasteiger charge is -2.07. The second-order valence-electron chi connectivity index (χ2n) is 7.51. The maximum absolute atomic E-state index is 4.72. The highest BCUT2D eigenvalue weighted by molar-refractivity contribution is 6.19. The van der Waals surface area contributed by atoms with Gasteiger partial charge in [0.15, 0.2) is 0 Å². The third-order valence-electron chi connectivity index (χ3n) is 5.42. The van der Waals surface area contributed by atoms with Crippen molar-refractivity contribution in [1.29, 1.82) is 0 Å². The van der Waals surface area contributed by atoms with Gasteiger partial charge in [-0.2, -0.15) is 0 Å². The second-order valence-corrected chi connectivity index (χ2v) is 7.51. The Morgan fingerprint density at radius 3 is 1.10 bits per heavy atom. The SMILES string of the molecule is C1=CC(c2ccc(N=C3C=CC(=Nc4ccc(C5C=CC=C5)cc4)C=C3)cc2)C=C1. The van der Waals surface area contributed by atoms with Gasteiger partial charge < -0.3 is 0 Å². The van der Waals surface area contributed by atoms with Crippen LogP contribution in [-0.4, -0.2) is 11.4 Å². The van der Waals surface area contributed by atoms with Crippen molar-refractivity contribution < 1.29 is 0 Å². The van der Waals surface area contributed by atoms with E-state index in [0.717, 1.165) is 22.8 Å². The van der Waals surface area contributed by atoms with Gasteiger partial charge in [0.25, 0.3) is 0 Å². The van der Waals surface area contributed by atoms with Crippen LogP contribution in [0, 0.1) is 0 Å². The molecule has 0 amide bonds. The molecule has 2 aromatic rings. The molecule has 0 saturated heterocycles. The van der Waals surface area contributed by atoms with E-state index >= 15 is 0 Å². The Bertz CT molecular complexity index is 1030. The average molecular weight is 386 g/mol. The Labute approximate surface area is 177 Å². The van der Waals surface area contributed by atoms with E-state index in [1.807, 2.05) is 24.3 Å². The summed E-state index contributed by atoms with van der Waals surface area (Å²) in [5, 5.41) is 0. The fourth-order valence-corrected chi connectivity index (χ4v) is 3.75. The second kappa shape index (κ2) is 8.30. The van der Waals surface area contributed by atoms with Crippen molar-refractivity contribution in [3.63, 3.8) is 0 Å². The highest BCUT2D eigenvalue weighted by Crippen LogP contribution is 2.26. The van der Waals surface area contributed by atoms with Crippen LogP contribution in [0.2, 0.25) is 0 Å². The van der Waals surface area contributed by atoms with Crippen LogP contribution < -0.4 is 0 Å². The first kappa shape index (κ1) is 18.3. The van der Waals surface area contributed by atoms with Gasteiger partial charge in [0.05, 0.1) is 22.8 Å². The minimum Gasteiger partial charge on any atom is -0.249 e. The van der Waals surface area contributed by atoms with Crippen LogP contribution in [0.5, 0.6) is 0 Å². The van der Waals surface area contributed by atoms with Gasteiger partial charge in [-0.15, -0.1) is 0 Å². The zero-order chi connectivity index (χ0) is 20.2. The molecule has 0 spiro atoms. The molecule has 0 N–H and O–H groups in total. The standard InChI is InChI=1S/C28H22N2/c1-2-6-21(5-1)23-9-13-25(14-10-23)29-27-17-19-28(20-18-27)30-26-15-11-24(12-16-26)22-7-3-4-8-22/h1-22H. The van der Waals surface area contributed by atoms with Crippen LogP contribution in [0.1, 0.15) is 23.0 Å². The maximum atomic E-state index is 4.72. The fourth-order valence-electron chi connectivity index (χ4n) is 3.75. The zero-order valence-corrected chi connectivity index (χ0v) is 16.6. The molecule has 2 nitrogen and oxygen atoms in total. The number of hydrogen-bond donors (Lipinski definition) is 0. The van der Waals surface area contributed by atoms with Crippen LogP contribution in [0.4, 0.5) is 11.4 Å². The van der Waals surface area contributed by atoms with Gasteiger partial charge in [-0.25, -0.2) is 9.98 Å². The first-order valence-corrected chi connectivity index (χ1v) is 10.3. The number of rotatable bonds is 4. The van der Waals surface area contributed by atoms with Crippen LogP contribution in [0.25, 0.3) is 0 Å². The van der Waals surface area contributed by atoms with E-state index in [1.165, 1.54) is 11.1 Å². The predicted octanol–water partition coefficient (Wildman–Crippen LogP) is 7.08. The first-order chi connectivity index (χ1) is 14.8.